The van der Waals surface area contributed by atoms with Crippen molar-refractivity contribution in [2.45, 2.75) is 0 Å². The third-order valence-electron chi connectivity index (χ3n) is 1.31. The zero-order valence-corrected chi connectivity index (χ0v) is 6.89. The van der Waals surface area contributed by atoms with E-state index in [1.54, 1.807) is 0 Å². The van der Waals surface area contributed by atoms with Crippen molar-refractivity contribution in [3.8, 4) is 0 Å². The Hall–Kier alpha value is -0.0918. The second-order valence-corrected chi connectivity index (χ2v) is 4.17. The molecule has 2 aliphatic rings. The van der Waals surface area contributed by atoms with Gasteiger partial charge >= 0.3 is 58.5 Å². The zero-order chi connectivity index (χ0) is 5.40. The summed E-state index contributed by atoms with van der Waals surface area (Å²) < 4.78 is 4.79. The Kier molecular flexibility index (Phi) is 1.01. The monoisotopic (exact) mass is 210 g/mol. The SMILES string of the molecule is C1=CC2=[CH][Sb]=[CH]C2=C1. The van der Waals surface area contributed by atoms with Crippen LogP contribution in [0, 0.1) is 0 Å². The molecule has 1 aliphatic carbocycles. The van der Waals surface area contributed by atoms with E-state index in [-0.39, 0.29) is 21.1 Å². The summed E-state index contributed by atoms with van der Waals surface area (Å²) in [6.45, 7) is 0. The van der Waals surface area contributed by atoms with Gasteiger partial charge in [-0.1, -0.05) is 0 Å². The molecule has 0 aromatic heterocycles. The van der Waals surface area contributed by atoms with Crippen LogP contribution in [0.1, 0.15) is 0 Å². The van der Waals surface area contributed by atoms with Gasteiger partial charge in [-0.3, -0.25) is 0 Å². The van der Waals surface area contributed by atoms with Crippen molar-refractivity contribution in [3.63, 3.8) is 0 Å². The van der Waals surface area contributed by atoms with Gasteiger partial charge in [0.1, 0.15) is 0 Å². The van der Waals surface area contributed by atoms with Crippen molar-refractivity contribution >= 4 is 25.1 Å². The number of allylic oxidation sites excluding steroid dienone is 5. The molecule has 1 heteroatoms. The van der Waals surface area contributed by atoms with E-state index < -0.39 is 0 Å². The summed E-state index contributed by atoms with van der Waals surface area (Å²) in [5, 5.41) is 0. The molecule has 0 atom stereocenters. The van der Waals surface area contributed by atoms with Gasteiger partial charge in [0.05, 0.1) is 0 Å². The van der Waals surface area contributed by atoms with Gasteiger partial charge in [0, 0.05) is 0 Å². The molecule has 0 aromatic carbocycles. The molecule has 38 valence electrons. The van der Waals surface area contributed by atoms with Gasteiger partial charge in [-0.2, -0.15) is 0 Å². The van der Waals surface area contributed by atoms with Crippen LogP contribution in [0.4, 0.5) is 0 Å². The maximum atomic E-state index is 2.40. The third kappa shape index (κ3) is 0.562. The fourth-order valence-electron chi connectivity index (χ4n) is 0.881. The molecular formula is C7H5Sb. The minimum absolute atomic E-state index is 0.00187. The molecule has 0 aromatic rings. The first kappa shape index (κ1) is 4.76. The van der Waals surface area contributed by atoms with Gasteiger partial charge in [0.2, 0.25) is 0 Å². The van der Waals surface area contributed by atoms with E-state index in [1.807, 2.05) is 0 Å². The maximum absolute atomic E-state index is 2.40. The summed E-state index contributed by atoms with van der Waals surface area (Å²) in [7, 11) is 0. The summed E-state index contributed by atoms with van der Waals surface area (Å²) >= 11 is -0.00187. The number of fused-ring (bicyclic) bond motifs is 1. The van der Waals surface area contributed by atoms with Crippen LogP contribution in [0.3, 0.4) is 0 Å². The Balaban J connectivity index is 2.59. The fourth-order valence-corrected chi connectivity index (χ4v) is 3.35. The molecule has 0 radical (unpaired) electrons. The van der Waals surface area contributed by atoms with Crippen molar-refractivity contribution in [2.75, 3.05) is 0 Å². The Morgan fingerprint density at radius 3 is 3.12 bits per heavy atom. The normalized spacial score (nSPS) is 21.0. The van der Waals surface area contributed by atoms with Gasteiger partial charge in [-0.25, -0.2) is 0 Å². The van der Waals surface area contributed by atoms with Gasteiger partial charge in [-0.05, 0) is 0 Å². The summed E-state index contributed by atoms with van der Waals surface area (Å²) in [6.07, 6.45) is 6.50. The van der Waals surface area contributed by atoms with Gasteiger partial charge < -0.3 is 0 Å². The van der Waals surface area contributed by atoms with Crippen molar-refractivity contribution in [1.82, 2.24) is 0 Å². The molecular weight excluding hydrogens is 206 g/mol. The quantitative estimate of drug-likeness (QED) is 0.521. The molecule has 8 heavy (non-hydrogen) atoms. The molecule has 2 rings (SSSR count). The number of rotatable bonds is 0. The van der Waals surface area contributed by atoms with Crippen LogP contribution < -0.4 is 0 Å². The Morgan fingerprint density at radius 1 is 1.25 bits per heavy atom. The molecule has 0 unspecified atom stereocenters. The molecule has 0 bridgehead atoms. The Morgan fingerprint density at radius 2 is 2.25 bits per heavy atom. The van der Waals surface area contributed by atoms with Gasteiger partial charge in [0.25, 0.3) is 0 Å². The predicted molar refractivity (Wildman–Crippen MR) is 37.1 cm³/mol. The average molecular weight is 211 g/mol. The van der Waals surface area contributed by atoms with Crippen LogP contribution in [0.15, 0.2) is 33.4 Å². The van der Waals surface area contributed by atoms with Crippen molar-refractivity contribution in [1.29, 1.82) is 0 Å². The summed E-state index contributed by atoms with van der Waals surface area (Å²) in [5.74, 6) is 0. The van der Waals surface area contributed by atoms with E-state index in [2.05, 4.69) is 26.2 Å². The summed E-state index contributed by atoms with van der Waals surface area (Å²) in [5.41, 5.74) is 2.95. The van der Waals surface area contributed by atoms with Crippen LogP contribution in [-0.2, 0) is 0 Å². The van der Waals surface area contributed by atoms with E-state index in [9.17, 15) is 0 Å². The first-order valence-corrected chi connectivity index (χ1v) is 5.54. The van der Waals surface area contributed by atoms with E-state index in [4.69, 9.17) is 0 Å². The second-order valence-electron chi connectivity index (χ2n) is 1.84. The molecule has 0 saturated carbocycles. The fraction of sp³-hybridized carbons (Fsp3) is 0. The molecule has 0 N–H and O–H groups in total. The van der Waals surface area contributed by atoms with Crippen LogP contribution in [0.25, 0.3) is 0 Å². The van der Waals surface area contributed by atoms with E-state index in [0.29, 0.717) is 0 Å². The van der Waals surface area contributed by atoms with Crippen LogP contribution >= 0.6 is 0 Å². The number of hydrogen-bond donors (Lipinski definition) is 0. The van der Waals surface area contributed by atoms with Crippen LogP contribution in [-0.4, -0.2) is 25.1 Å². The first-order valence-electron chi connectivity index (χ1n) is 2.59. The van der Waals surface area contributed by atoms with Crippen molar-refractivity contribution in [3.05, 3.63) is 33.4 Å². The molecule has 1 aliphatic heterocycles. The standard InChI is InChI=1S/C7H5.Sb/c1-6-4-3-5-7(6)2;/h1-5H;. The second kappa shape index (κ2) is 1.70. The summed E-state index contributed by atoms with van der Waals surface area (Å²) in [4.78, 5) is 0. The molecule has 1 heterocycles. The van der Waals surface area contributed by atoms with Gasteiger partial charge in [-0.15, -0.1) is 0 Å². The summed E-state index contributed by atoms with van der Waals surface area (Å²) in [6, 6.07) is 0. The van der Waals surface area contributed by atoms with Crippen molar-refractivity contribution in [2.24, 2.45) is 0 Å². The molecule has 0 nitrogen and oxygen atoms in total. The Labute approximate surface area is 58.6 Å². The molecule has 0 amide bonds. The molecule has 0 fully saturated rings. The first-order chi connectivity index (χ1) is 3.97. The van der Waals surface area contributed by atoms with E-state index in [1.165, 1.54) is 11.1 Å². The zero-order valence-electron chi connectivity index (χ0n) is 4.33. The topological polar surface area (TPSA) is 0 Å². The Bertz CT molecular complexity index is 203. The average Bonchev–Trinajstić information content (AvgIpc) is 2.15. The van der Waals surface area contributed by atoms with Crippen LogP contribution in [0.2, 0.25) is 0 Å². The predicted octanol–water partition coefficient (Wildman–Crippen LogP) is 0.886. The molecule has 0 saturated heterocycles. The number of hydrogen-bond acceptors (Lipinski definition) is 0. The minimum atomic E-state index is -0.00187. The van der Waals surface area contributed by atoms with Crippen LogP contribution in [0.5, 0.6) is 0 Å². The van der Waals surface area contributed by atoms with Gasteiger partial charge in [0.15, 0.2) is 0 Å². The van der Waals surface area contributed by atoms with E-state index in [0.717, 1.165) is 0 Å². The van der Waals surface area contributed by atoms with E-state index >= 15 is 0 Å². The third-order valence-corrected chi connectivity index (χ3v) is 3.75. The molecule has 0 spiro atoms. The van der Waals surface area contributed by atoms with Crippen molar-refractivity contribution < 1.29 is 0 Å².